The minimum Gasteiger partial charge on any atom is -0.444 e. The van der Waals surface area contributed by atoms with Gasteiger partial charge in [-0.15, -0.1) is 0 Å². The van der Waals surface area contributed by atoms with Crippen LogP contribution in [0.15, 0.2) is 4.42 Å². The molecule has 2 N–H and O–H groups in total. The molecule has 1 fully saturated rings. The lowest BCUT2D eigenvalue weighted by Crippen LogP contribution is -2.39. The lowest BCUT2D eigenvalue weighted by atomic mass is 9.82. The first kappa shape index (κ1) is 15.5. The first-order valence-corrected chi connectivity index (χ1v) is 7.07. The van der Waals surface area contributed by atoms with E-state index in [1.54, 1.807) is 13.8 Å². The molecule has 0 aromatic carbocycles. The van der Waals surface area contributed by atoms with Crippen LogP contribution in [0.1, 0.15) is 29.7 Å². The number of nitrogens with zero attached hydrogens (tertiary/aromatic N) is 2. The molecular weight excluding hydrogens is 270 g/mol. The topological polar surface area (TPSA) is 89.5 Å². The van der Waals surface area contributed by atoms with E-state index in [0.29, 0.717) is 17.2 Å². The van der Waals surface area contributed by atoms with Crippen molar-refractivity contribution < 1.29 is 14.3 Å². The minimum absolute atomic E-state index is 0.176. The number of aliphatic hydroxyl groups excluding tert-OH is 1. The maximum Gasteiger partial charge on any atom is 0.240 e. The molecule has 0 spiro atoms. The van der Waals surface area contributed by atoms with Crippen LogP contribution >= 0.6 is 0 Å². The fourth-order valence-corrected chi connectivity index (χ4v) is 2.62. The first-order valence-electron chi connectivity index (χ1n) is 7.07. The minimum atomic E-state index is -0.206. The predicted octanol–water partition coefficient (Wildman–Crippen LogP) is 1.41. The number of aryl methyl sites for hydroxylation is 1. The normalized spacial score (nSPS) is 21.0. The van der Waals surface area contributed by atoms with Gasteiger partial charge in [-0.25, -0.2) is 0 Å². The number of anilines is 1. The maximum atomic E-state index is 12.0. The smallest absolute Gasteiger partial charge is 0.240 e. The molecule has 1 saturated carbocycles. The highest BCUT2D eigenvalue weighted by Gasteiger charge is 2.28. The second-order valence-corrected chi connectivity index (χ2v) is 5.84. The summed E-state index contributed by atoms with van der Waals surface area (Å²) in [7, 11) is 1.87. The standard InChI is InChI=1S/C15H21N3O3/c1-9-10(2)21-15(13(9)6-16)17-14(20)8-18(3)7-11-4-12(19)5-11/h11-12,19H,4-5,7-8H2,1-3H3,(H,17,20). The Morgan fingerprint density at radius 1 is 1.52 bits per heavy atom. The summed E-state index contributed by atoms with van der Waals surface area (Å²) in [5.74, 6) is 1.12. The predicted molar refractivity (Wildman–Crippen MR) is 77.8 cm³/mol. The van der Waals surface area contributed by atoms with Gasteiger partial charge in [0, 0.05) is 12.1 Å². The van der Waals surface area contributed by atoms with Crippen molar-refractivity contribution in [2.24, 2.45) is 5.92 Å². The monoisotopic (exact) mass is 291 g/mol. The lowest BCUT2D eigenvalue weighted by Gasteiger charge is -2.34. The van der Waals surface area contributed by atoms with E-state index in [9.17, 15) is 9.90 Å². The Morgan fingerprint density at radius 3 is 2.76 bits per heavy atom. The molecule has 0 saturated heterocycles. The van der Waals surface area contributed by atoms with Crippen molar-refractivity contribution in [1.29, 1.82) is 5.26 Å². The number of amides is 1. The van der Waals surface area contributed by atoms with E-state index in [1.807, 2.05) is 18.0 Å². The van der Waals surface area contributed by atoms with Crippen LogP contribution in [-0.2, 0) is 4.79 Å². The zero-order chi connectivity index (χ0) is 15.6. The van der Waals surface area contributed by atoms with E-state index < -0.39 is 0 Å². The van der Waals surface area contributed by atoms with Crippen LogP contribution in [0, 0.1) is 31.1 Å². The second kappa shape index (κ2) is 6.29. The molecule has 1 heterocycles. The highest BCUT2D eigenvalue weighted by atomic mass is 16.4. The van der Waals surface area contributed by atoms with Crippen molar-refractivity contribution in [3.63, 3.8) is 0 Å². The molecule has 21 heavy (non-hydrogen) atoms. The van der Waals surface area contributed by atoms with Crippen molar-refractivity contribution in [3.8, 4) is 6.07 Å². The summed E-state index contributed by atoms with van der Waals surface area (Å²) >= 11 is 0. The molecule has 1 amide bonds. The molecule has 0 bridgehead atoms. The van der Waals surface area contributed by atoms with Crippen LogP contribution in [0.2, 0.25) is 0 Å². The average molecular weight is 291 g/mol. The summed E-state index contributed by atoms with van der Waals surface area (Å²) in [6, 6.07) is 2.05. The Hall–Kier alpha value is -1.84. The fourth-order valence-electron chi connectivity index (χ4n) is 2.62. The SMILES string of the molecule is Cc1oc(NC(=O)CN(C)CC2CC(O)C2)c(C#N)c1C. The summed E-state index contributed by atoms with van der Waals surface area (Å²) in [5, 5.41) is 21.0. The van der Waals surface area contributed by atoms with E-state index in [2.05, 4.69) is 5.32 Å². The Kier molecular flexibility index (Phi) is 4.66. The zero-order valence-corrected chi connectivity index (χ0v) is 12.6. The second-order valence-electron chi connectivity index (χ2n) is 5.84. The number of furan rings is 1. The van der Waals surface area contributed by atoms with E-state index in [4.69, 9.17) is 9.68 Å². The summed E-state index contributed by atoms with van der Waals surface area (Å²) in [5.41, 5.74) is 1.13. The molecule has 1 aliphatic carbocycles. The third kappa shape index (κ3) is 3.63. The van der Waals surface area contributed by atoms with Crippen LogP contribution in [0.5, 0.6) is 0 Å². The van der Waals surface area contributed by atoms with Gasteiger partial charge in [-0.3, -0.25) is 15.0 Å². The van der Waals surface area contributed by atoms with E-state index >= 15 is 0 Å². The Labute approximate surface area is 124 Å². The first-order chi connectivity index (χ1) is 9.90. The number of hydrogen-bond donors (Lipinski definition) is 2. The van der Waals surface area contributed by atoms with Crippen LogP contribution in [0.25, 0.3) is 0 Å². The molecule has 0 aliphatic heterocycles. The number of carbonyl (C=O) groups excluding carboxylic acids is 1. The number of hydrogen-bond acceptors (Lipinski definition) is 5. The van der Waals surface area contributed by atoms with Crippen LogP contribution in [0.4, 0.5) is 5.88 Å². The molecule has 114 valence electrons. The molecule has 6 heteroatoms. The van der Waals surface area contributed by atoms with Gasteiger partial charge in [0.15, 0.2) is 0 Å². The summed E-state index contributed by atoms with van der Waals surface area (Å²) in [6.45, 7) is 4.57. The number of aliphatic hydroxyl groups is 1. The molecule has 0 unspecified atom stereocenters. The van der Waals surface area contributed by atoms with Crippen LogP contribution < -0.4 is 5.32 Å². The van der Waals surface area contributed by atoms with Gasteiger partial charge in [-0.1, -0.05) is 0 Å². The summed E-state index contributed by atoms with van der Waals surface area (Å²) in [6.07, 6.45) is 1.44. The van der Waals surface area contributed by atoms with Crippen molar-refractivity contribution in [2.45, 2.75) is 32.8 Å². The highest BCUT2D eigenvalue weighted by molar-refractivity contribution is 5.92. The van der Waals surface area contributed by atoms with Gasteiger partial charge in [0.1, 0.15) is 17.4 Å². The Balaban J connectivity index is 1.87. The van der Waals surface area contributed by atoms with Crippen molar-refractivity contribution in [2.75, 3.05) is 25.5 Å². The average Bonchev–Trinajstić information content (AvgIpc) is 2.62. The van der Waals surface area contributed by atoms with Crippen LogP contribution in [0.3, 0.4) is 0 Å². The third-order valence-corrected chi connectivity index (χ3v) is 3.94. The highest BCUT2D eigenvalue weighted by Crippen LogP contribution is 2.28. The lowest BCUT2D eigenvalue weighted by molar-refractivity contribution is -0.117. The summed E-state index contributed by atoms with van der Waals surface area (Å²) < 4.78 is 5.41. The molecule has 0 radical (unpaired) electrons. The van der Waals surface area contributed by atoms with Gasteiger partial charge in [0.25, 0.3) is 0 Å². The largest absolute Gasteiger partial charge is 0.444 e. The molecule has 0 atom stereocenters. The van der Waals surface area contributed by atoms with Crippen LogP contribution in [-0.4, -0.2) is 42.2 Å². The van der Waals surface area contributed by atoms with Crippen molar-refractivity contribution in [3.05, 3.63) is 16.9 Å². The number of rotatable bonds is 5. The van der Waals surface area contributed by atoms with Crippen molar-refractivity contribution in [1.82, 2.24) is 4.90 Å². The van der Waals surface area contributed by atoms with Gasteiger partial charge in [0.05, 0.1) is 12.6 Å². The molecule has 1 aliphatic rings. The van der Waals surface area contributed by atoms with E-state index in [-0.39, 0.29) is 24.4 Å². The zero-order valence-electron chi connectivity index (χ0n) is 12.6. The Morgan fingerprint density at radius 2 is 2.19 bits per heavy atom. The van der Waals surface area contributed by atoms with Gasteiger partial charge in [-0.2, -0.15) is 5.26 Å². The number of nitrogens with one attached hydrogen (secondary N) is 1. The van der Waals surface area contributed by atoms with Gasteiger partial charge in [-0.05, 0) is 39.7 Å². The fraction of sp³-hybridized carbons (Fsp3) is 0.600. The molecule has 1 aromatic heterocycles. The quantitative estimate of drug-likeness (QED) is 0.856. The molecule has 1 aromatic rings. The molecule has 2 rings (SSSR count). The number of nitriles is 1. The number of likely N-dealkylation sites (N-methyl/N-ethyl adjacent to an activating group) is 1. The summed E-state index contributed by atoms with van der Waals surface area (Å²) in [4.78, 5) is 13.9. The van der Waals surface area contributed by atoms with Gasteiger partial charge >= 0.3 is 0 Å². The van der Waals surface area contributed by atoms with E-state index in [0.717, 1.165) is 24.9 Å². The van der Waals surface area contributed by atoms with E-state index in [1.165, 1.54) is 0 Å². The molecule has 6 nitrogen and oxygen atoms in total. The molecular formula is C15H21N3O3. The van der Waals surface area contributed by atoms with Gasteiger partial charge < -0.3 is 9.52 Å². The maximum absolute atomic E-state index is 12.0. The van der Waals surface area contributed by atoms with Crippen molar-refractivity contribution >= 4 is 11.8 Å². The Bertz CT molecular complexity index is 567. The van der Waals surface area contributed by atoms with Gasteiger partial charge in [0.2, 0.25) is 11.8 Å². The third-order valence-electron chi connectivity index (χ3n) is 3.94. The number of carbonyl (C=O) groups is 1.